The normalized spacial score (nSPS) is 27.8. The van der Waals surface area contributed by atoms with Crippen LogP contribution < -0.4 is 11.2 Å². The van der Waals surface area contributed by atoms with Gasteiger partial charge in [0.2, 0.25) is 0 Å². The third kappa shape index (κ3) is 4.14. The van der Waals surface area contributed by atoms with E-state index in [2.05, 4.69) is 11.9 Å². The van der Waals surface area contributed by atoms with Crippen molar-refractivity contribution in [3.63, 3.8) is 0 Å². The monoisotopic (exact) mass is 463 g/mol. The molecule has 0 aliphatic carbocycles. The fourth-order valence-electron chi connectivity index (χ4n) is 4.59. The number of nitrogens with one attached hydrogen (secondary N) is 1. The van der Waals surface area contributed by atoms with E-state index in [4.69, 9.17) is 18.9 Å². The zero-order chi connectivity index (χ0) is 23.7. The van der Waals surface area contributed by atoms with Crippen molar-refractivity contribution in [3.05, 3.63) is 111 Å². The van der Waals surface area contributed by atoms with E-state index in [-0.39, 0.29) is 6.61 Å². The van der Waals surface area contributed by atoms with E-state index in [1.807, 2.05) is 60.7 Å². The Bertz CT molecular complexity index is 1240. The van der Waals surface area contributed by atoms with Gasteiger partial charge in [-0.3, -0.25) is 14.3 Å². The van der Waals surface area contributed by atoms with Crippen LogP contribution in [0, 0.1) is 13.8 Å². The number of hydrogen-bond acceptors (Lipinski definition) is 6. The molecule has 0 spiro atoms. The number of ether oxygens (including phenoxy) is 4. The van der Waals surface area contributed by atoms with Gasteiger partial charge < -0.3 is 18.9 Å². The second-order valence-electron chi connectivity index (χ2n) is 8.73. The van der Waals surface area contributed by atoms with Crippen molar-refractivity contribution in [1.29, 1.82) is 0 Å². The molecule has 8 nitrogen and oxygen atoms in total. The van der Waals surface area contributed by atoms with Gasteiger partial charge in [-0.25, -0.2) is 4.79 Å². The fourth-order valence-corrected chi connectivity index (χ4v) is 4.59. The quantitative estimate of drug-likeness (QED) is 0.552. The highest BCUT2D eigenvalue weighted by Gasteiger charge is 2.67. The molecule has 5 atom stereocenters. The maximum absolute atomic E-state index is 12.6. The van der Waals surface area contributed by atoms with E-state index in [1.54, 1.807) is 6.92 Å². The van der Waals surface area contributed by atoms with Crippen LogP contribution in [0.5, 0.6) is 0 Å². The minimum Gasteiger partial charge on any atom is -0.374 e. The molecule has 5 rings (SSSR count). The van der Waals surface area contributed by atoms with E-state index in [9.17, 15) is 9.59 Å². The predicted octanol–water partition coefficient (Wildman–Crippen LogP) is 2.52. The summed E-state index contributed by atoms with van der Waals surface area (Å²) in [5.41, 5.74) is 0.399. The summed E-state index contributed by atoms with van der Waals surface area (Å²) in [6.45, 7) is 6.68. The first-order chi connectivity index (χ1) is 16.5. The lowest BCUT2D eigenvalue weighted by Gasteiger charge is -2.36. The number of hydrogen-bond donors (Lipinski definition) is 1. The van der Waals surface area contributed by atoms with Crippen LogP contribution in [0.2, 0.25) is 0 Å². The summed E-state index contributed by atoms with van der Waals surface area (Å²) < 4.78 is 26.4. The topological polar surface area (TPSA) is 91.8 Å². The van der Waals surface area contributed by atoms with E-state index < -0.39 is 41.4 Å². The second kappa shape index (κ2) is 9.31. The van der Waals surface area contributed by atoms with Gasteiger partial charge in [0, 0.05) is 11.8 Å². The third-order valence-corrected chi connectivity index (χ3v) is 6.40. The molecule has 1 N–H and O–H groups in total. The first kappa shape index (κ1) is 22.7. The van der Waals surface area contributed by atoms with E-state index in [0.717, 1.165) is 11.1 Å². The van der Waals surface area contributed by atoms with Crippen molar-refractivity contribution in [3.8, 4) is 0 Å². The smallest absolute Gasteiger partial charge is 0.330 e. The number of benzene rings is 2. The number of fused-ring (bicyclic) bond motifs is 2. The summed E-state index contributed by atoms with van der Waals surface area (Å²) in [5.74, 6) is 0. The first-order valence-corrected chi connectivity index (χ1v) is 11.2. The van der Waals surface area contributed by atoms with Gasteiger partial charge in [0.15, 0.2) is 6.23 Å². The molecule has 3 heterocycles. The van der Waals surface area contributed by atoms with Crippen molar-refractivity contribution in [2.45, 2.75) is 50.3 Å². The van der Waals surface area contributed by atoms with Gasteiger partial charge in [-0.15, -0.1) is 0 Å². The Morgan fingerprint density at radius 2 is 1.68 bits per heavy atom. The number of aryl methyl sites for hydroxylation is 1. The lowest BCUT2D eigenvalue weighted by atomic mass is 9.94. The number of rotatable bonds is 8. The van der Waals surface area contributed by atoms with Crippen molar-refractivity contribution in [2.24, 2.45) is 0 Å². The Morgan fingerprint density at radius 3 is 2.35 bits per heavy atom. The molecule has 0 amide bonds. The van der Waals surface area contributed by atoms with E-state index in [0.29, 0.717) is 18.8 Å². The largest absolute Gasteiger partial charge is 0.374 e. The van der Waals surface area contributed by atoms with Crippen molar-refractivity contribution < 1.29 is 18.9 Å². The van der Waals surface area contributed by atoms with Crippen LogP contribution in [0.15, 0.2) is 76.4 Å². The lowest BCUT2D eigenvalue weighted by Crippen LogP contribution is -2.51. The molecule has 177 valence electrons. The van der Waals surface area contributed by atoms with Gasteiger partial charge in [-0.2, -0.15) is 0 Å². The molecule has 2 fully saturated rings. The SMILES string of the molecule is [CH2][C@@H]1OC2[C@H](n3cc(C)c(=O)[nH]c3=O)O[C@]1(COCc1ccccc1)[C@H]2OCc1ccccc1. The molecule has 0 saturated carbocycles. The Kier molecular flexibility index (Phi) is 6.22. The molecule has 2 aliphatic heterocycles. The molecule has 2 bridgehead atoms. The summed E-state index contributed by atoms with van der Waals surface area (Å²) in [4.78, 5) is 26.8. The summed E-state index contributed by atoms with van der Waals surface area (Å²) in [5, 5.41) is 0. The van der Waals surface area contributed by atoms with Crippen LogP contribution in [0.4, 0.5) is 0 Å². The summed E-state index contributed by atoms with van der Waals surface area (Å²) in [6.07, 6.45) is -1.00. The van der Waals surface area contributed by atoms with Crippen LogP contribution in [0.1, 0.15) is 22.9 Å². The van der Waals surface area contributed by atoms with Crippen LogP contribution in [-0.4, -0.2) is 40.1 Å². The summed E-state index contributed by atoms with van der Waals surface area (Å²) in [7, 11) is 0. The fraction of sp³-hybridized carbons (Fsp3) is 0.346. The lowest BCUT2D eigenvalue weighted by molar-refractivity contribution is -0.219. The second-order valence-corrected chi connectivity index (χ2v) is 8.73. The van der Waals surface area contributed by atoms with Crippen LogP contribution >= 0.6 is 0 Å². The minimum absolute atomic E-state index is 0.166. The van der Waals surface area contributed by atoms with Gasteiger partial charge in [0.25, 0.3) is 5.56 Å². The van der Waals surface area contributed by atoms with Gasteiger partial charge in [-0.05, 0) is 25.0 Å². The highest BCUT2D eigenvalue weighted by atomic mass is 16.7. The predicted molar refractivity (Wildman–Crippen MR) is 124 cm³/mol. The standard InChI is InChI=1S/C26H27N2O6/c1-17-13-28(25(30)27-23(17)29)24-21-22(32-15-20-11-7-4-8-12-20)26(34-24,18(2)33-21)16-31-14-19-9-5-3-6-10-19/h3-13,18,21-22,24H,2,14-16H2,1H3,(H,27,29,30)/t18-,21?,22-,24+,26-/m0/s1. The Hall–Kier alpha value is -3.04. The molecular weight excluding hydrogens is 436 g/mol. The van der Waals surface area contributed by atoms with Gasteiger partial charge in [-0.1, -0.05) is 60.7 Å². The zero-order valence-corrected chi connectivity index (χ0v) is 18.9. The average molecular weight is 464 g/mol. The van der Waals surface area contributed by atoms with Gasteiger partial charge >= 0.3 is 5.69 Å². The van der Waals surface area contributed by atoms with E-state index >= 15 is 0 Å². The van der Waals surface area contributed by atoms with Crippen LogP contribution in [0.25, 0.3) is 0 Å². The molecular formula is C26H27N2O6. The van der Waals surface area contributed by atoms with Crippen LogP contribution in [0.3, 0.4) is 0 Å². The molecule has 1 aromatic heterocycles. The highest BCUT2D eigenvalue weighted by molar-refractivity contribution is 5.18. The van der Waals surface area contributed by atoms with Crippen molar-refractivity contribution >= 4 is 0 Å². The summed E-state index contributed by atoms with van der Waals surface area (Å²) >= 11 is 0. The van der Waals surface area contributed by atoms with Crippen molar-refractivity contribution in [1.82, 2.24) is 9.55 Å². The zero-order valence-electron chi connectivity index (χ0n) is 18.9. The van der Waals surface area contributed by atoms with E-state index in [1.165, 1.54) is 10.8 Å². The molecule has 8 heteroatoms. The molecule has 2 aliphatic rings. The Morgan fingerprint density at radius 1 is 1.03 bits per heavy atom. The highest BCUT2D eigenvalue weighted by Crippen LogP contribution is 2.50. The number of aromatic amines is 1. The Balaban J connectivity index is 1.43. The van der Waals surface area contributed by atoms with Gasteiger partial charge in [0.1, 0.15) is 17.8 Å². The molecule has 34 heavy (non-hydrogen) atoms. The molecule has 1 radical (unpaired) electrons. The van der Waals surface area contributed by atoms with Gasteiger partial charge in [0.05, 0.1) is 25.9 Å². The minimum atomic E-state index is -1.03. The Labute approximate surface area is 197 Å². The maximum atomic E-state index is 12.6. The molecule has 3 aromatic rings. The van der Waals surface area contributed by atoms with Crippen molar-refractivity contribution in [2.75, 3.05) is 6.61 Å². The first-order valence-electron chi connectivity index (χ1n) is 11.2. The third-order valence-electron chi connectivity index (χ3n) is 6.40. The maximum Gasteiger partial charge on any atom is 0.330 e. The number of nitrogens with zero attached hydrogens (tertiary/aromatic N) is 1. The summed E-state index contributed by atoms with van der Waals surface area (Å²) in [6, 6.07) is 19.6. The number of aromatic nitrogens is 2. The molecule has 1 unspecified atom stereocenters. The number of H-pyrrole nitrogens is 1. The average Bonchev–Trinajstić information content (AvgIpc) is 3.29. The molecule has 2 aromatic carbocycles. The molecule has 2 saturated heterocycles. The van der Waals surface area contributed by atoms with Crippen LogP contribution in [-0.2, 0) is 32.2 Å².